The van der Waals surface area contributed by atoms with Crippen molar-refractivity contribution in [1.82, 2.24) is 5.32 Å². The SMILES string of the molecule is CCC(=O)NCCN1c2cc(C)ccc2CCC1C. The lowest BCUT2D eigenvalue weighted by Gasteiger charge is -2.37. The van der Waals surface area contributed by atoms with Gasteiger partial charge >= 0.3 is 0 Å². The van der Waals surface area contributed by atoms with Crippen molar-refractivity contribution >= 4 is 11.6 Å². The van der Waals surface area contributed by atoms with Crippen LogP contribution in [0.1, 0.15) is 37.8 Å². The van der Waals surface area contributed by atoms with Crippen molar-refractivity contribution in [3.05, 3.63) is 29.3 Å². The van der Waals surface area contributed by atoms with E-state index in [1.165, 1.54) is 23.2 Å². The number of nitrogens with one attached hydrogen (secondary N) is 1. The van der Waals surface area contributed by atoms with Crippen molar-refractivity contribution < 1.29 is 4.79 Å². The smallest absolute Gasteiger partial charge is 0.219 e. The van der Waals surface area contributed by atoms with E-state index in [1.807, 2.05) is 6.92 Å². The van der Waals surface area contributed by atoms with E-state index in [0.29, 0.717) is 12.5 Å². The summed E-state index contributed by atoms with van der Waals surface area (Å²) in [6, 6.07) is 7.25. The average Bonchev–Trinajstić information content (AvgIpc) is 2.41. The molecular formula is C16H24N2O. The Bertz CT molecular complexity index is 456. The molecule has 0 fully saturated rings. The van der Waals surface area contributed by atoms with Gasteiger partial charge < -0.3 is 10.2 Å². The third kappa shape index (κ3) is 3.28. The highest BCUT2D eigenvalue weighted by atomic mass is 16.1. The van der Waals surface area contributed by atoms with Crippen molar-refractivity contribution in [2.45, 2.75) is 46.1 Å². The van der Waals surface area contributed by atoms with E-state index in [2.05, 4.69) is 42.3 Å². The summed E-state index contributed by atoms with van der Waals surface area (Å²) in [5, 5.41) is 2.97. The van der Waals surface area contributed by atoms with E-state index < -0.39 is 0 Å². The summed E-state index contributed by atoms with van der Waals surface area (Å²) >= 11 is 0. The van der Waals surface area contributed by atoms with Gasteiger partial charge in [0, 0.05) is 31.2 Å². The molecule has 0 bridgehead atoms. The molecule has 1 aromatic rings. The van der Waals surface area contributed by atoms with E-state index in [-0.39, 0.29) is 5.91 Å². The number of carbonyl (C=O) groups is 1. The van der Waals surface area contributed by atoms with Gasteiger partial charge in [-0.1, -0.05) is 19.1 Å². The molecule has 0 aliphatic carbocycles. The molecule has 3 heteroatoms. The molecule has 1 aliphatic heterocycles. The Labute approximate surface area is 116 Å². The predicted molar refractivity (Wildman–Crippen MR) is 79.6 cm³/mol. The predicted octanol–water partition coefficient (Wildman–Crippen LogP) is 2.66. The zero-order chi connectivity index (χ0) is 13.8. The molecule has 1 aliphatic rings. The third-order valence-electron chi connectivity index (χ3n) is 3.91. The number of benzene rings is 1. The summed E-state index contributed by atoms with van der Waals surface area (Å²) in [4.78, 5) is 13.7. The van der Waals surface area contributed by atoms with Crippen LogP contribution in [0.15, 0.2) is 18.2 Å². The number of amides is 1. The highest BCUT2D eigenvalue weighted by Gasteiger charge is 2.22. The molecule has 19 heavy (non-hydrogen) atoms. The van der Waals surface area contributed by atoms with Crippen molar-refractivity contribution in [1.29, 1.82) is 0 Å². The maximum Gasteiger partial charge on any atom is 0.219 e. The number of carbonyl (C=O) groups excluding carboxylic acids is 1. The lowest BCUT2D eigenvalue weighted by molar-refractivity contribution is -0.120. The Balaban J connectivity index is 2.07. The lowest BCUT2D eigenvalue weighted by Crippen LogP contribution is -2.42. The van der Waals surface area contributed by atoms with E-state index in [0.717, 1.165) is 19.5 Å². The lowest BCUT2D eigenvalue weighted by atomic mass is 9.95. The Kier molecular flexibility index (Phi) is 4.46. The number of hydrogen-bond donors (Lipinski definition) is 1. The Morgan fingerprint density at radius 1 is 1.47 bits per heavy atom. The zero-order valence-corrected chi connectivity index (χ0v) is 12.2. The number of rotatable bonds is 4. The Morgan fingerprint density at radius 2 is 2.26 bits per heavy atom. The largest absolute Gasteiger partial charge is 0.367 e. The van der Waals surface area contributed by atoms with E-state index in [1.54, 1.807) is 0 Å². The molecule has 1 amide bonds. The molecule has 104 valence electrons. The third-order valence-corrected chi connectivity index (χ3v) is 3.91. The van der Waals surface area contributed by atoms with Crippen molar-refractivity contribution in [3.63, 3.8) is 0 Å². The summed E-state index contributed by atoms with van der Waals surface area (Å²) in [5.74, 6) is 0.133. The molecule has 1 aromatic carbocycles. The maximum atomic E-state index is 11.3. The van der Waals surface area contributed by atoms with Crippen LogP contribution in [0, 0.1) is 6.92 Å². The molecule has 2 rings (SSSR count). The molecule has 0 aromatic heterocycles. The fraction of sp³-hybridized carbons (Fsp3) is 0.562. The first-order chi connectivity index (χ1) is 9.11. The Hall–Kier alpha value is -1.51. The molecule has 3 nitrogen and oxygen atoms in total. The molecule has 1 unspecified atom stereocenters. The normalized spacial score (nSPS) is 18.1. The standard InChI is InChI=1S/C16H24N2O/c1-4-16(19)17-9-10-18-13(3)6-8-14-7-5-12(2)11-15(14)18/h5,7,11,13H,4,6,8-10H2,1-3H3,(H,17,19). The topological polar surface area (TPSA) is 32.3 Å². The van der Waals surface area contributed by atoms with Gasteiger partial charge in [0.2, 0.25) is 5.91 Å². The summed E-state index contributed by atoms with van der Waals surface area (Å²) in [6.45, 7) is 7.91. The quantitative estimate of drug-likeness (QED) is 0.902. The molecule has 1 N–H and O–H groups in total. The van der Waals surface area contributed by atoms with Crippen LogP contribution in [-0.2, 0) is 11.2 Å². The summed E-state index contributed by atoms with van der Waals surface area (Å²) in [6.07, 6.45) is 2.91. The van der Waals surface area contributed by atoms with Gasteiger partial charge in [0.25, 0.3) is 0 Å². The second-order valence-electron chi connectivity index (χ2n) is 5.42. The van der Waals surface area contributed by atoms with Gasteiger partial charge in [0.1, 0.15) is 0 Å². The number of anilines is 1. The maximum absolute atomic E-state index is 11.3. The van der Waals surface area contributed by atoms with Crippen LogP contribution >= 0.6 is 0 Å². The Morgan fingerprint density at radius 3 is 3.00 bits per heavy atom. The molecule has 0 radical (unpaired) electrons. The van der Waals surface area contributed by atoms with Crippen LogP contribution in [0.5, 0.6) is 0 Å². The highest BCUT2D eigenvalue weighted by Crippen LogP contribution is 2.31. The molecule has 0 spiro atoms. The highest BCUT2D eigenvalue weighted by molar-refractivity contribution is 5.75. The average molecular weight is 260 g/mol. The van der Waals surface area contributed by atoms with Crippen LogP contribution < -0.4 is 10.2 Å². The van der Waals surface area contributed by atoms with Crippen LogP contribution in [0.4, 0.5) is 5.69 Å². The number of fused-ring (bicyclic) bond motifs is 1. The van der Waals surface area contributed by atoms with Crippen molar-refractivity contribution in [3.8, 4) is 0 Å². The second kappa shape index (κ2) is 6.09. The summed E-state index contributed by atoms with van der Waals surface area (Å²) < 4.78 is 0. The minimum absolute atomic E-state index is 0.133. The van der Waals surface area contributed by atoms with E-state index >= 15 is 0 Å². The van der Waals surface area contributed by atoms with Crippen LogP contribution in [0.3, 0.4) is 0 Å². The number of nitrogens with zero attached hydrogens (tertiary/aromatic N) is 1. The monoisotopic (exact) mass is 260 g/mol. The molecule has 0 saturated carbocycles. The first-order valence-corrected chi connectivity index (χ1v) is 7.24. The van der Waals surface area contributed by atoms with Crippen LogP contribution in [-0.4, -0.2) is 25.0 Å². The summed E-state index contributed by atoms with van der Waals surface area (Å²) in [5.41, 5.74) is 4.09. The van der Waals surface area contributed by atoms with Gasteiger partial charge in [-0.3, -0.25) is 4.79 Å². The zero-order valence-electron chi connectivity index (χ0n) is 12.2. The number of aryl methyl sites for hydroxylation is 2. The molecular weight excluding hydrogens is 236 g/mol. The van der Waals surface area contributed by atoms with E-state index in [4.69, 9.17) is 0 Å². The fourth-order valence-electron chi connectivity index (χ4n) is 2.69. The fourth-order valence-corrected chi connectivity index (χ4v) is 2.69. The van der Waals surface area contributed by atoms with Gasteiger partial charge in [-0.15, -0.1) is 0 Å². The number of hydrogen-bond acceptors (Lipinski definition) is 2. The summed E-state index contributed by atoms with van der Waals surface area (Å²) in [7, 11) is 0. The first-order valence-electron chi connectivity index (χ1n) is 7.24. The van der Waals surface area contributed by atoms with Gasteiger partial charge in [-0.05, 0) is 43.9 Å². The molecule has 1 heterocycles. The van der Waals surface area contributed by atoms with Crippen molar-refractivity contribution in [2.75, 3.05) is 18.0 Å². The first kappa shape index (κ1) is 13.9. The van der Waals surface area contributed by atoms with Gasteiger partial charge in [0.15, 0.2) is 0 Å². The molecule has 1 atom stereocenters. The minimum Gasteiger partial charge on any atom is -0.367 e. The van der Waals surface area contributed by atoms with Gasteiger partial charge in [-0.2, -0.15) is 0 Å². The van der Waals surface area contributed by atoms with Gasteiger partial charge in [-0.25, -0.2) is 0 Å². The molecule has 0 saturated heterocycles. The second-order valence-corrected chi connectivity index (χ2v) is 5.42. The van der Waals surface area contributed by atoms with Crippen LogP contribution in [0.25, 0.3) is 0 Å². The van der Waals surface area contributed by atoms with E-state index in [9.17, 15) is 4.79 Å². The van der Waals surface area contributed by atoms with Crippen molar-refractivity contribution in [2.24, 2.45) is 0 Å². The van der Waals surface area contributed by atoms with Crippen LogP contribution in [0.2, 0.25) is 0 Å². The minimum atomic E-state index is 0.133. The van der Waals surface area contributed by atoms with Gasteiger partial charge in [0.05, 0.1) is 0 Å².